The Hall–Kier alpha value is -0.610. The minimum Gasteiger partial charge on any atom is -0.368 e. The summed E-state index contributed by atoms with van der Waals surface area (Å²) in [5.41, 5.74) is 5.38. The first-order chi connectivity index (χ1) is 7.50. The van der Waals surface area contributed by atoms with Crippen molar-refractivity contribution >= 4 is 5.91 Å². The van der Waals surface area contributed by atoms with Crippen LogP contribution in [0.25, 0.3) is 0 Å². The van der Waals surface area contributed by atoms with Crippen molar-refractivity contribution in [3.8, 4) is 0 Å². The largest absolute Gasteiger partial charge is 0.368 e. The molecule has 94 valence electrons. The summed E-state index contributed by atoms with van der Waals surface area (Å²) in [7, 11) is 0. The lowest BCUT2D eigenvalue weighted by atomic mass is 10.1. The molecular formula is C12H25N3O. The third-order valence-corrected chi connectivity index (χ3v) is 3.27. The van der Waals surface area contributed by atoms with E-state index in [-0.39, 0.29) is 11.9 Å². The Bertz CT molecular complexity index is 230. The van der Waals surface area contributed by atoms with Crippen LogP contribution in [0.5, 0.6) is 0 Å². The number of nitrogens with two attached hydrogens (primary N) is 1. The molecule has 2 unspecified atom stereocenters. The Morgan fingerprint density at radius 1 is 1.56 bits per heavy atom. The van der Waals surface area contributed by atoms with Crippen molar-refractivity contribution < 1.29 is 4.79 Å². The van der Waals surface area contributed by atoms with Gasteiger partial charge in [0.05, 0.1) is 6.04 Å². The van der Waals surface area contributed by atoms with Gasteiger partial charge in [0, 0.05) is 18.6 Å². The van der Waals surface area contributed by atoms with E-state index in [1.54, 1.807) is 0 Å². The zero-order valence-electron chi connectivity index (χ0n) is 10.7. The third-order valence-electron chi connectivity index (χ3n) is 3.27. The van der Waals surface area contributed by atoms with Crippen molar-refractivity contribution in [1.29, 1.82) is 0 Å². The minimum atomic E-state index is -0.236. The molecule has 1 rings (SSSR count). The zero-order chi connectivity index (χ0) is 12.1. The highest BCUT2D eigenvalue weighted by atomic mass is 16.1. The summed E-state index contributed by atoms with van der Waals surface area (Å²) in [5, 5.41) is 3.22. The van der Waals surface area contributed by atoms with Crippen LogP contribution < -0.4 is 11.1 Å². The first kappa shape index (κ1) is 13.5. The fourth-order valence-corrected chi connectivity index (χ4v) is 2.33. The van der Waals surface area contributed by atoms with Crippen LogP contribution in [-0.2, 0) is 4.79 Å². The lowest BCUT2D eigenvalue weighted by Crippen LogP contribution is -2.46. The molecule has 0 spiro atoms. The van der Waals surface area contributed by atoms with Gasteiger partial charge in [0.1, 0.15) is 0 Å². The highest BCUT2D eigenvalue weighted by Crippen LogP contribution is 2.16. The maximum atomic E-state index is 11.3. The average molecular weight is 227 g/mol. The van der Waals surface area contributed by atoms with E-state index in [4.69, 9.17) is 5.73 Å². The number of nitrogens with one attached hydrogen (secondary N) is 1. The number of hydrogen-bond donors (Lipinski definition) is 2. The first-order valence-electron chi connectivity index (χ1n) is 6.30. The van der Waals surface area contributed by atoms with Crippen molar-refractivity contribution in [2.75, 3.05) is 13.1 Å². The van der Waals surface area contributed by atoms with E-state index in [0.29, 0.717) is 12.1 Å². The summed E-state index contributed by atoms with van der Waals surface area (Å²) < 4.78 is 0. The molecule has 1 heterocycles. The molecule has 4 nitrogen and oxygen atoms in total. The predicted octanol–water partition coefficient (Wildman–Crippen LogP) is 0.713. The summed E-state index contributed by atoms with van der Waals surface area (Å²) in [5.74, 6) is -0.236. The van der Waals surface area contributed by atoms with Crippen LogP contribution >= 0.6 is 0 Å². The molecular weight excluding hydrogens is 202 g/mol. The van der Waals surface area contributed by atoms with Gasteiger partial charge in [-0.1, -0.05) is 13.8 Å². The van der Waals surface area contributed by atoms with E-state index in [9.17, 15) is 4.79 Å². The van der Waals surface area contributed by atoms with Crippen molar-refractivity contribution in [3.05, 3.63) is 0 Å². The molecule has 0 aromatic carbocycles. The molecule has 0 aromatic heterocycles. The molecule has 0 aliphatic carbocycles. The van der Waals surface area contributed by atoms with E-state index < -0.39 is 0 Å². The lowest BCUT2D eigenvalue weighted by molar-refractivity contribution is -0.120. The van der Waals surface area contributed by atoms with Crippen LogP contribution in [0.2, 0.25) is 0 Å². The first-order valence-corrected chi connectivity index (χ1v) is 6.30. The molecule has 0 aromatic rings. The number of amides is 1. The van der Waals surface area contributed by atoms with Gasteiger partial charge in [0.25, 0.3) is 0 Å². The second-order valence-electron chi connectivity index (χ2n) is 5.09. The standard InChI is InChI=1S/C12H25N3O/c1-9(2)14-11(12(13)16)6-8-15-7-4-5-10(15)3/h9-11,14H,4-8H2,1-3H3,(H2,13,16). The van der Waals surface area contributed by atoms with E-state index >= 15 is 0 Å². The van der Waals surface area contributed by atoms with Crippen molar-refractivity contribution in [3.63, 3.8) is 0 Å². The number of nitrogens with zero attached hydrogens (tertiary/aromatic N) is 1. The van der Waals surface area contributed by atoms with E-state index in [0.717, 1.165) is 19.5 Å². The van der Waals surface area contributed by atoms with E-state index in [1.165, 1.54) is 12.8 Å². The normalized spacial score (nSPS) is 23.9. The summed E-state index contributed by atoms with van der Waals surface area (Å²) in [6.45, 7) is 8.45. The Balaban J connectivity index is 2.34. The molecule has 0 radical (unpaired) electrons. The van der Waals surface area contributed by atoms with Gasteiger partial charge >= 0.3 is 0 Å². The molecule has 1 aliphatic heterocycles. The lowest BCUT2D eigenvalue weighted by Gasteiger charge is -2.24. The summed E-state index contributed by atoms with van der Waals surface area (Å²) in [4.78, 5) is 13.7. The SMILES string of the molecule is CC(C)NC(CCN1CCCC1C)C(N)=O. The van der Waals surface area contributed by atoms with Crippen molar-refractivity contribution in [1.82, 2.24) is 10.2 Å². The Labute approximate surface area is 98.6 Å². The van der Waals surface area contributed by atoms with Crippen LogP contribution in [0.3, 0.4) is 0 Å². The zero-order valence-corrected chi connectivity index (χ0v) is 10.7. The molecule has 2 atom stereocenters. The molecule has 1 aliphatic rings. The van der Waals surface area contributed by atoms with Crippen LogP contribution in [0.15, 0.2) is 0 Å². The molecule has 1 fully saturated rings. The van der Waals surface area contributed by atoms with Crippen molar-refractivity contribution in [2.45, 2.75) is 58.2 Å². The van der Waals surface area contributed by atoms with Gasteiger partial charge in [-0.15, -0.1) is 0 Å². The Morgan fingerprint density at radius 2 is 2.25 bits per heavy atom. The second-order valence-corrected chi connectivity index (χ2v) is 5.09. The minimum absolute atomic E-state index is 0.187. The topological polar surface area (TPSA) is 58.4 Å². The average Bonchev–Trinajstić information content (AvgIpc) is 2.57. The number of carbonyl (C=O) groups excluding carboxylic acids is 1. The van der Waals surface area contributed by atoms with E-state index in [1.807, 2.05) is 13.8 Å². The number of hydrogen-bond acceptors (Lipinski definition) is 3. The quantitative estimate of drug-likeness (QED) is 0.703. The van der Waals surface area contributed by atoms with Crippen LogP contribution in [0, 0.1) is 0 Å². The molecule has 4 heteroatoms. The fourth-order valence-electron chi connectivity index (χ4n) is 2.33. The molecule has 0 bridgehead atoms. The van der Waals surface area contributed by atoms with Crippen molar-refractivity contribution in [2.24, 2.45) is 5.73 Å². The van der Waals surface area contributed by atoms with Gasteiger partial charge < -0.3 is 16.0 Å². The second kappa shape index (κ2) is 6.21. The summed E-state index contributed by atoms with van der Waals surface area (Å²) >= 11 is 0. The van der Waals surface area contributed by atoms with Gasteiger partial charge in [-0.3, -0.25) is 4.79 Å². The van der Waals surface area contributed by atoms with Gasteiger partial charge in [-0.25, -0.2) is 0 Å². The maximum absolute atomic E-state index is 11.3. The maximum Gasteiger partial charge on any atom is 0.234 e. The number of carbonyl (C=O) groups is 1. The summed E-state index contributed by atoms with van der Waals surface area (Å²) in [6, 6.07) is 0.772. The van der Waals surface area contributed by atoms with Crippen LogP contribution in [0.4, 0.5) is 0 Å². The molecule has 3 N–H and O–H groups in total. The van der Waals surface area contributed by atoms with E-state index in [2.05, 4.69) is 17.1 Å². The van der Waals surface area contributed by atoms with Gasteiger partial charge in [0.15, 0.2) is 0 Å². The third kappa shape index (κ3) is 4.10. The number of primary amides is 1. The highest BCUT2D eigenvalue weighted by Gasteiger charge is 2.22. The molecule has 16 heavy (non-hydrogen) atoms. The molecule has 1 saturated heterocycles. The van der Waals surface area contributed by atoms with Gasteiger partial charge in [-0.2, -0.15) is 0 Å². The molecule has 1 amide bonds. The molecule has 0 saturated carbocycles. The number of likely N-dealkylation sites (tertiary alicyclic amines) is 1. The number of rotatable bonds is 6. The van der Waals surface area contributed by atoms with Crippen LogP contribution in [0.1, 0.15) is 40.0 Å². The van der Waals surface area contributed by atoms with Gasteiger partial charge in [0.2, 0.25) is 5.91 Å². The highest BCUT2D eigenvalue weighted by molar-refractivity contribution is 5.79. The summed E-state index contributed by atoms with van der Waals surface area (Å²) in [6.07, 6.45) is 3.37. The smallest absolute Gasteiger partial charge is 0.234 e. The fraction of sp³-hybridized carbons (Fsp3) is 0.917. The van der Waals surface area contributed by atoms with Gasteiger partial charge in [-0.05, 0) is 32.7 Å². The predicted molar refractivity (Wildman–Crippen MR) is 66.1 cm³/mol. The Morgan fingerprint density at radius 3 is 2.69 bits per heavy atom. The van der Waals surface area contributed by atoms with Crippen LogP contribution in [-0.4, -0.2) is 42.0 Å². The Kier molecular flexibility index (Phi) is 5.22. The monoisotopic (exact) mass is 227 g/mol.